The molecule has 1 N–H and O–H groups in total. The molecule has 1 aliphatic heterocycles. The van der Waals surface area contributed by atoms with E-state index in [0.29, 0.717) is 25.7 Å². The fourth-order valence-corrected chi connectivity index (χ4v) is 5.54. The third-order valence-electron chi connectivity index (χ3n) is 6.96. The summed E-state index contributed by atoms with van der Waals surface area (Å²) in [4.78, 5) is 26.4. The first-order chi connectivity index (χ1) is 16.1. The van der Waals surface area contributed by atoms with Crippen molar-refractivity contribution < 1.29 is 27.9 Å². The molecule has 2 atom stereocenters. The van der Waals surface area contributed by atoms with Gasteiger partial charge in [0, 0.05) is 36.1 Å². The zero-order chi connectivity index (χ0) is 24.5. The number of carboxylic acid groups (broad SMARTS) is 1. The standard InChI is InChI=1S/C25H26BrF3N2O3/c26-19-8-4-5-17(13-19)15-24(9-11-30(12-10-24)23(33)34)16-31(22(32)25(27,28)29)21-14-20(21)18-6-2-1-3-7-18/h1-8,13,20-21H,9-12,14-16H2,(H,33,34)/t20-,21+/m0/s1. The first-order valence-corrected chi connectivity index (χ1v) is 12.0. The number of benzene rings is 2. The van der Waals surface area contributed by atoms with Gasteiger partial charge in [-0.05, 0) is 54.4 Å². The van der Waals surface area contributed by atoms with E-state index >= 15 is 0 Å². The summed E-state index contributed by atoms with van der Waals surface area (Å²) >= 11 is 3.44. The van der Waals surface area contributed by atoms with Crippen molar-refractivity contribution in [3.8, 4) is 0 Å². The molecule has 1 saturated carbocycles. The van der Waals surface area contributed by atoms with Crippen LogP contribution in [0.15, 0.2) is 59.1 Å². The lowest BCUT2D eigenvalue weighted by Gasteiger charge is -2.44. The van der Waals surface area contributed by atoms with Crippen LogP contribution in [0.4, 0.5) is 18.0 Å². The van der Waals surface area contributed by atoms with Crippen LogP contribution in [0.3, 0.4) is 0 Å². The third-order valence-corrected chi connectivity index (χ3v) is 7.45. The summed E-state index contributed by atoms with van der Waals surface area (Å²) in [6, 6.07) is 16.3. The lowest BCUT2D eigenvalue weighted by Crippen LogP contribution is -2.53. The Kier molecular flexibility index (Phi) is 6.94. The van der Waals surface area contributed by atoms with E-state index in [0.717, 1.165) is 20.5 Å². The second kappa shape index (κ2) is 9.60. The Morgan fingerprint density at radius 2 is 1.76 bits per heavy atom. The van der Waals surface area contributed by atoms with Gasteiger partial charge < -0.3 is 14.9 Å². The molecule has 1 saturated heterocycles. The summed E-state index contributed by atoms with van der Waals surface area (Å²) in [6.45, 7) is 0.396. The van der Waals surface area contributed by atoms with Gasteiger partial charge in [0.25, 0.3) is 0 Å². The maximum atomic E-state index is 13.7. The van der Waals surface area contributed by atoms with Gasteiger partial charge >= 0.3 is 18.2 Å². The highest BCUT2D eigenvalue weighted by Gasteiger charge is 2.54. The quantitative estimate of drug-likeness (QED) is 0.513. The number of amides is 2. The van der Waals surface area contributed by atoms with E-state index in [1.54, 1.807) is 0 Å². The molecule has 0 bridgehead atoms. The van der Waals surface area contributed by atoms with Gasteiger partial charge in [-0.2, -0.15) is 13.2 Å². The summed E-state index contributed by atoms with van der Waals surface area (Å²) in [7, 11) is 0. The average molecular weight is 539 g/mol. The Labute approximate surface area is 204 Å². The van der Waals surface area contributed by atoms with E-state index < -0.39 is 29.6 Å². The summed E-state index contributed by atoms with van der Waals surface area (Å²) in [5, 5.41) is 9.38. The zero-order valence-corrected chi connectivity index (χ0v) is 20.1. The van der Waals surface area contributed by atoms with Crippen LogP contribution in [0, 0.1) is 5.41 Å². The van der Waals surface area contributed by atoms with Crippen molar-refractivity contribution in [3.63, 3.8) is 0 Å². The van der Waals surface area contributed by atoms with Crippen molar-refractivity contribution in [3.05, 3.63) is 70.2 Å². The second-order valence-corrected chi connectivity index (χ2v) is 10.2. The van der Waals surface area contributed by atoms with Gasteiger partial charge in [-0.15, -0.1) is 0 Å². The van der Waals surface area contributed by atoms with Gasteiger partial charge in [0.2, 0.25) is 0 Å². The van der Waals surface area contributed by atoms with Crippen LogP contribution in [0.2, 0.25) is 0 Å². The molecule has 182 valence electrons. The molecule has 2 fully saturated rings. The normalized spacial score (nSPS) is 21.7. The number of rotatable bonds is 6. The molecule has 9 heteroatoms. The minimum absolute atomic E-state index is 0.0562. The van der Waals surface area contributed by atoms with Crippen LogP contribution in [0.25, 0.3) is 0 Å². The minimum Gasteiger partial charge on any atom is -0.465 e. The molecule has 2 amide bonds. The van der Waals surface area contributed by atoms with Crippen LogP contribution in [-0.2, 0) is 11.2 Å². The van der Waals surface area contributed by atoms with Crippen molar-refractivity contribution >= 4 is 27.9 Å². The maximum Gasteiger partial charge on any atom is 0.471 e. The highest BCUT2D eigenvalue weighted by molar-refractivity contribution is 9.10. The molecule has 34 heavy (non-hydrogen) atoms. The number of carbonyl (C=O) groups excluding carboxylic acids is 1. The van der Waals surface area contributed by atoms with Gasteiger partial charge in [-0.3, -0.25) is 4.79 Å². The van der Waals surface area contributed by atoms with Crippen molar-refractivity contribution in [1.29, 1.82) is 0 Å². The molecule has 4 rings (SSSR count). The van der Waals surface area contributed by atoms with Crippen LogP contribution in [-0.4, -0.2) is 58.8 Å². The number of piperidine rings is 1. The predicted octanol–water partition coefficient (Wildman–Crippen LogP) is 5.70. The fourth-order valence-electron chi connectivity index (χ4n) is 5.09. The van der Waals surface area contributed by atoms with E-state index in [1.165, 1.54) is 4.90 Å². The number of hydrogen-bond acceptors (Lipinski definition) is 2. The highest BCUT2D eigenvalue weighted by atomic mass is 79.9. The molecule has 5 nitrogen and oxygen atoms in total. The summed E-state index contributed by atoms with van der Waals surface area (Å²) in [5.74, 6) is -1.94. The summed E-state index contributed by atoms with van der Waals surface area (Å²) in [6.07, 6.45) is -4.29. The van der Waals surface area contributed by atoms with E-state index in [-0.39, 0.29) is 25.6 Å². The zero-order valence-electron chi connectivity index (χ0n) is 18.5. The van der Waals surface area contributed by atoms with E-state index in [9.17, 15) is 27.9 Å². The Morgan fingerprint density at radius 3 is 2.35 bits per heavy atom. The van der Waals surface area contributed by atoms with Crippen molar-refractivity contribution in [2.24, 2.45) is 5.41 Å². The Bertz CT molecular complexity index is 1040. The van der Waals surface area contributed by atoms with Crippen LogP contribution < -0.4 is 0 Å². The number of alkyl halides is 3. The highest BCUT2D eigenvalue weighted by Crippen LogP contribution is 2.48. The monoisotopic (exact) mass is 538 g/mol. The number of likely N-dealkylation sites (tertiary alicyclic amines) is 1. The number of nitrogens with zero attached hydrogens (tertiary/aromatic N) is 2. The SMILES string of the molecule is O=C(O)N1CCC(Cc2cccc(Br)c2)(CN(C(=O)C(F)(F)F)[C@@H]2C[C@H]2c2ccccc2)CC1. The topological polar surface area (TPSA) is 60.9 Å². The fraction of sp³-hybridized carbons (Fsp3) is 0.440. The maximum absolute atomic E-state index is 13.7. The van der Waals surface area contributed by atoms with Gasteiger partial charge in [0.1, 0.15) is 0 Å². The van der Waals surface area contributed by atoms with E-state index in [4.69, 9.17) is 0 Å². The molecule has 0 unspecified atom stereocenters. The van der Waals surface area contributed by atoms with Crippen LogP contribution in [0.1, 0.15) is 36.3 Å². The molecule has 0 spiro atoms. The molecule has 2 aliphatic rings. The van der Waals surface area contributed by atoms with Crippen molar-refractivity contribution in [2.75, 3.05) is 19.6 Å². The largest absolute Gasteiger partial charge is 0.471 e. The first kappa shape index (κ1) is 24.6. The molecular weight excluding hydrogens is 513 g/mol. The summed E-state index contributed by atoms with van der Waals surface area (Å²) < 4.78 is 41.8. The average Bonchev–Trinajstić information content (AvgIpc) is 3.58. The lowest BCUT2D eigenvalue weighted by atomic mass is 9.73. The van der Waals surface area contributed by atoms with Gasteiger partial charge in [0.05, 0.1) is 0 Å². The van der Waals surface area contributed by atoms with Gasteiger partial charge in [-0.25, -0.2) is 4.79 Å². The Morgan fingerprint density at radius 1 is 1.09 bits per heavy atom. The number of halogens is 4. The second-order valence-electron chi connectivity index (χ2n) is 9.33. The smallest absolute Gasteiger partial charge is 0.465 e. The molecule has 0 aromatic heterocycles. The third kappa shape index (κ3) is 5.56. The molecule has 2 aromatic rings. The molecule has 1 heterocycles. The first-order valence-electron chi connectivity index (χ1n) is 11.2. The van der Waals surface area contributed by atoms with Crippen molar-refractivity contribution in [2.45, 2.75) is 43.8 Å². The number of carbonyl (C=O) groups is 2. The van der Waals surface area contributed by atoms with Gasteiger partial charge in [0.15, 0.2) is 0 Å². The summed E-state index contributed by atoms with van der Waals surface area (Å²) in [5.41, 5.74) is 1.21. The Hall–Kier alpha value is -2.55. The molecular formula is C25H26BrF3N2O3. The molecule has 2 aromatic carbocycles. The minimum atomic E-state index is -4.97. The van der Waals surface area contributed by atoms with E-state index in [2.05, 4.69) is 15.9 Å². The van der Waals surface area contributed by atoms with Crippen LogP contribution >= 0.6 is 15.9 Å². The molecule has 0 radical (unpaired) electrons. The van der Waals surface area contributed by atoms with Gasteiger partial charge in [-0.1, -0.05) is 58.4 Å². The van der Waals surface area contributed by atoms with Crippen molar-refractivity contribution in [1.82, 2.24) is 9.80 Å². The molecule has 1 aliphatic carbocycles. The van der Waals surface area contributed by atoms with E-state index in [1.807, 2.05) is 54.6 Å². The van der Waals surface area contributed by atoms with Crippen LogP contribution in [0.5, 0.6) is 0 Å². The lowest BCUT2D eigenvalue weighted by molar-refractivity contribution is -0.188. The number of hydrogen-bond donors (Lipinski definition) is 1. The predicted molar refractivity (Wildman–Crippen MR) is 124 cm³/mol. The Balaban J connectivity index is 1.63.